The second kappa shape index (κ2) is 9.24. The number of pyridine rings is 1. The zero-order valence-corrected chi connectivity index (χ0v) is 19.9. The van der Waals surface area contributed by atoms with Gasteiger partial charge in [0.25, 0.3) is 5.91 Å². The van der Waals surface area contributed by atoms with E-state index < -0.39 is 41.3 Å². The van der Waals surface area contributed by atoms with Crippen LogP contribution >= 0.6 is 0 Å². The van der Waals surface area contributed by atoms with E-state index in [1.165, 1.54) is 36.4 Å². The van der Waals surface area contributed by atoms with Crippen molar-refractivity contribution in [1.82, 2.24) is 10.3 Å². The van der Waals surface area contributed by atoms with Gasteiger partial charge in [-0.1, -0.05) is 6.07 Å². The lowest BCUT2D eigenvalue weighted by molar-refractivity contribution is -0.265. The number of amides is 2. The van der Waals surface area contributed by atoms with Gasteiger partial charge in [-0.3, -0.25) is 9.59 Å². The van der Waals surface area contributed by atoms with Crippen LogP contribution in [0.4, 0.5) is 23.2 Å². The Balaban J connectivity index is 1.71. The molecule has 1 aliphatic rings. The SMILES string of the molecule is CC(C)(N)c1cc(-c2ccc(F)cc2)nc(C(O)(CNC(=O)c2ccc3c(c2)NC(=O)C3)C(F)(F)F)c1. The van der Waals surface area contributed by atoms with Gasteiger partial charge in [0.1, 0.15) is 5.82 Å². The maximum absolute atomic E-state index is 14.3. The number of alkyl halides is 3. The monoisotopic (exact) mass is 516 g/mol. The number of benzene rings is 2. The maximum Gasteiger partial charge on any atom is 0.424 e. The molecule has 5 N–H and O–H groups in total. The second-order valence-electron chi connectivity index (χ2n) is 9.49. The summed E-state index contributed by atoms with van der Waals surface area (Å²) in [5, 5.41) is 15.6. The number of aromatic nitrogens is 1. The van der Waals surface area contributed by atoms with Gasteiger partial charge in [0, 0.05) is 22.4 Å². The van der Waals surface area contributed by atoms with E-state index in [4.69, 9.17) is 5.73 Å². The molecule has 2 aromatic carbocycles. The van der Waals surface area contributed by atoms with E-state index in [-0.39, 0.29) is 29.1 Å². The summed E-state index contributed by atoms with van der Waals surface area (Å²) in [7, 11) is 0. The molecule has 0 radical (unpaired) electrons. The van der Waals surface area contributed by atoms with Crippen LogP contribution in [0.5, 0.6) is 0 Å². The molecule has 3 aromatic rings. The van der Waals surface area contributed by atoms with Gasteiger partial charge < -0.3 is 21.5 Å². The Morgan fingerprint density at radius 2 is 1.78 bits per heavy atom. The standard InChI is InChI=1S/C26H24F4N4O3/c1-24(2,31)17-11-20(14-5-7-18(27)8-6-14)33-21(12-17)25(37,26(28,29)30)13-32-23(36)16-4-3-15-10-22(35)34-19(15)9-16/h3-9,11-12,37H,10,13,31H2,1-2H3,(H,32,36)(H,34,35). The quantitative estimate of drug-likeness (QED) is 0.373. The highest BCUT2D eigenvalue weighted by atomic mass is 19.4. The molecule has 37 heavy (non-hydrogen) atoms. The summed E-state index contributed by atoms with van der Waals surface area (Å²) in [5.74, 6) is -1.69. The average molecular weight is 516 g/mol. The Morgan fingerprint density at radius 3 is 2.41 bits per heavy atom. The van der Waals surface area contributed by atoms with Crippen LogP contribution < -0.4 is 16.4 Å². The fraction of sp³-hybridized carbons (Fsp3) is 0.269. The average Bonchev–Trinajstić information content (AvgIpc) is 3.20. The lowest BCUT2D eigenvalue weighted by Crippen LogP contribution is -2.51. The van der Waals surface area contributed by atoms with Gasteiger partial charge in [-0.25, -0.2) is 9.37 Å². The van der Waals surface area contributed by atoms with Gasteiger partial charge in [-0.05, 0) is 73.5 Å². The molecule has 0 aliphatic carbocycles. The molecule has 0 spiro atoms. The smallest absolute Gasteiger partial charge is 0.374 e. The third-order valence-corrected chi connectivity index (χ3v) is 6.10. The fourth-order valence-corrected chi connectivity index (χ4v) is 3.88. The molecule has 4 rings (SSSR count). The highest BCUT2D eigenvalue weighted by Gasteiger charge is 2.56. The molecule has 0 fully saturated rings. The summed E-state index contributed by atoms with van der Waals surface area (Å²) in [5.41, 5.74) is 2.31. The third kappa shape index (κ3) is 5.32. The molecule has 7 nitrogen and oxygen atoms in total. The van der Waals surface area contributed by atoms with Crippen LogP contribution in [-0.2, 0) is 22.4 Å². The molecule has 194 valence electrons. The largest absolute Gasteiger partial charge is 0.424 e. The number of rotatable bonds is 6. The summed E-state index contributed by atoms with van der Waals surface area (Å²) in [4.78, 5) is 28.3. The molecule has 2 heterocycles. The van der Waals surface area contributed by atoms with Crippen LogP contribution in [0, 0.1) is 5.82 Å². The zero-order chi connectivity index (χ0) is 27.2. The highest BCUT2D eigenvalue weighted by molar-refractivity contribution is 6.02. The molecule has 0 saturated carbocycles. The number of hydrogen-bond donors (Lipinski definition) is 4. The Kier molecular flexibility index (Phi) is 6.55. The summed E-state index contributed by atoms with van der Waals surface area (Å²) in [6, 6.07) is 11.7. The number of carbonyl (C=O) groups is 2. The summed E-state index contributed by atoms with van der Waals surface area (Å²) >= 11 is 0. The fourth-order valence-electron chi connectivity index (χ4n) is 3.88. The third-order valence-electron chi connectivity index (χ3n) is 6.10. The van der Waals surface area contributed by atoms with Crippen molar-refractivity contribution >= 4 is 17.5 Å². The van der Waals surface area contributed by atoms with Gasteiger partial charge in [0.05, 0.1) is 24.4 Å². The normalized spacial score (nSPS) is 15.1. The Hall–Kier alpha value is -3.83. The first-order valence-corrected chi connectivity index (χ1v) is 11.3. The Bertz CT molecular complexity index is 1370. The predicted molar refractivity (Wildman–Crippen MR) is 128 cm³/mol. The number of carbonyl (C=O) groups excluding carboxylic acids is 2. The number of aliphatic hydroxyl groups is 1. The van der Waals surface area contributed by atoms with Crippen molar-refractivity contribution in [3.05, 3.63) is 82.8 Å². The predicted octanol–water partition coefficient (Wildman–Crippen LogP) is 3.76. The lowest BCUT2D eigenvalue weighted by Gasteiger charge is -2.32. The number of fused-ring (bicyclic) bond motifs is 1. The second-order valence-corrected chi connectivity index (χ2v) is 9.49. The number of anilines is 1. The van der Waals surface area contributed by atoms with Crippen molar-refractivity contribution in [3.8, 4) is 11.3 Å². The van der Waals surface area contributed by atoms with Crippen LogP contribution in [0.15, 0.2) is 54.6 Å². The molecule has 1 atom stereocenters. The Labute approximate surface area is 209 Å². The number of halogens is 4. The molecule has 1 aliphatic heterocycles. The first kappa shape index (κ1) is 26.2. The van der Waals surface area contributed by atoms with Crippen molar-refractivity contribution in [2.75, 3.05) is 11.9 Å². The van der Waals surface area contributed by atoms with Crippen LogP contribution in [0.25, 0.3) is 11.3 Å². The van der Waals surface area contributed by atoms with Crippen molar-refractivity contribution in [3.63, 3.8) is 0 Å². The van der Waals surface area contributed by atoms with E-state index in [2.05, 4.69) is 15.6 Å². The van der Waals surface area contributed by atoms with E-state index in [9.17, 15) is 32.3 Å². The topological polar surface area (TPSA) is 117 Å². The Morgan fingerprint density at radius 1 is 1.11 bits per heavy atom. The first-order valence-electron chi connectivity index (χ1n) is 11.3. The van der Waals surface area contributed by atoms with Crippen molar-refractivity contribution in [2.24, 2.45) is 5.73 Å². The highest BCUT2D eigenvalue weighted by Crippen LogP contribution is 2.40. The zero-order valence-electron chi connectivity index (χ0n) is 19.9. The van der Waals surface area contributed by atoms with Crippen LogP contribution in [0.2, 0.25) is 0 Å². The van der Waals surface area contributed by atoms with Crippen molar-refractivity contribution < 1.29 is 32.3 Å². The molecule has 0 saturated heterocycles. The van der Waals surface area contributed by atoms with Crippen LogP contribution in [-0.4, -0.2) is 34.6 Å². The number of nitrogens with zero attached hydrogens (tertiary/aromatic N) is 1. The van der Waals surface area contributed by atoms with E-state index in [0.717, 1.165) is 18.2 Å². The summed E-state index contributed by atoms with van der Waals surface area (Å²) in [6.07, 6.45) is -5.10. The minimum atomic E-state index is -5.24. The van der Waals surface area contributed by atoms with Gasteiger partial charge in [0.2, 0.25) is 11.5 Å². The molecule has 1 aromatic heterocycles. The summed E-state index contributed by atoms with van der Waals surface area (Å²) in [6.45, 7) is 1.90. The van der Waals surface area contributed by atoms with Gasteiger partial charge in [-0.15, -0.1) is 0 Å². The minimum absolute atomic E-state index is 0.00211. The maximum atomic E-state index is 14.3. The van der Waals surface area contributed by atoms with Crippen LogP contribution in [0.1, 0.15) is 41.0 Å². The van der Waals surface area contributed by atoms with E-state index in [0.29, 0.717) is 16.8 Å². The molecule has 2 amide bonds. The number of hydrogen-bond acceptors (Lipinski definition) is 5. The van der Waals surface area contributed by atoms with Gasteiger partial charge in [-0.2, -0.15) is 13.2 Å². The van der Waals surface area contributed by atoms with Crippen LogP contribution in [0.3, 0.4) is 0 Å². The van der Waals surface area contributed by atoms with Gasteiger partial charge >= 0.3 is 6.18 Å². The van der Waals surface area contributed by atoms with E-state index in [1.807, 2.05) is 0 Å². The molecular formula is C26H24F4N4O3. The number of nitrogens with two attached hydrogens (primary N) is 1. The molecule has 0 bridgehead atoms. The van der Waals surface area contributed by atoms with E-state index >= 15 is 0 Å². The van der Waals surface area contributed by atoms with E-state index in [1.54, 1.807) is 13.8 Å². The van der Waals surface area contributed by atoms with Crippen molar-refractivity contribution in [1.29, 1.82) is 0 Å². The minimum Gasteiger partial charge on any atom is -0.374 e. The lowest BCUT2D eigenvalue weighted by atomic mass is 9.89. The van der Waals surface area contributed by atoms with Crippen molar-refractivity contribution in [2.45, 2.75) is 37.6 Å². The molecule has 11 heteroatoms. The van der Waals surface area contributed by atoms with Gasteiger partial charge in [0.15, 0.2) is 0 Å². The first-order chi connectivity index (χ1) is 17.2. The number of nitrogens with one attached hydrogen (secondary N) is 2. The molecule has 1 unspecified atom stereocenters. The molecular weight excluding hydrogens is 492 g/mol. The summed E-state index contributed by atoms with van der Waals surface area (Å²) < 4.78 is 56.3.